The van der Waals surface area contributed by atoms with Crippen molar-refractivity contribution in [2.75, 3.05) is 0 Å². The fraction of sp³-hybridized carbons (Fsp3) is 0.240. The van der Waals surface area contributed by atoms with Gasteiger partial charge >= 0.3 is 7.12 Å². The predicted octanol–water partition coefficient (Wildman–Crippen LogP) is 4.24. The molecule has 33 heavy (non-hydrogen) atoms. The molecular weight excluding hydrogens is 435 g/mol. The zero-order valence-corrected chi connectivity index (χ0v) is 19.8. The Balaban J connectivity index is 1.70. The molecule has 0 radical (unpaired) electrons. The Labute approximate surface area is 194 Å². The maximum Gasteiger partial charge on any atom is 0.496 e. The second-order valence-electron chi connectivity index (χ2n) is 9.25. The molecule has 168 valence electrons. The molecule has 0 N–H and O–H groups in total. The third-order valence-corrected chi connectivity index (χ3v) is 8.21. The van der Waals surface area contributed by atoms with Gasteiger partial charge in [-0.1, -0.05) is 48.5 Å². The molecule has 3 heterocycles. The van der Waals surface area contributed by atoms with Crippen molar-refractivity contribution in [3.8, 4) is 11.3 Å². The van der Waals surface area contributed by atoms with Gasteiger partial charge in [-0.25, -0.2) is 17.4 Å². The van der Waals surface area contributed by atoms with E-state index in [-0.39, 0.29) is 4.90 Å². The molecular formula is C25H25BN2O4S. The van der Waals surface area contributed by atoms with Crippen molar-refractivity contribution in [2.24, 2.45) is 0 Å². The van der Waals surface area contributed by atoms with Crippen LogP contribution >= 0.6 is 0 Å². The van der Waals surface area contributed by atoms with Gasteiger partial charge in [0.1, 0.15) is 0 Å². The van der Waals surface area contributed by atoms with Crippen LogP contribution in [-0.2, 0) is 19.3 Å². The van der Waals surface area contributed by atoms with Crippen LogP contribution in [0.4, 0.5) is 0 Å². The quantitative estimate of drug-likeness (QED) is 0.426. The molecule has 0 bridgehead atoms. The van der Waals surface area contributed by atoms with Crippen LogP contribution in [0.1, 0.15) is 27.7 Å². The molecule has 4 aromatic rings. The molecule has 1 aliphatic rings. The summed E-state index contributed by atoms with van der Waals surface area (Å²) < 4.78 is 41.0. The van der Waals surface area contributed by atoms with Gasteiger partial charge in [-0.05, 0) is 57.5 Å². The van der Waals surface area contributed by atoms with Crippen molar-refractivity contribution in [3.05, 3.63) is 79.0 Å². The SMILES string of the molecule is CC1(C)OB(c2cnc3c(c2)cc(-c2ccccc2)n3S(=O)(=O)c2ccccc2)OC1(C)C. The topological polar surface area (TPSA) is 70.4 Å². The average Bonchev–Trinajstić information content (AvgIpc) is 3.28. The van der Waals surface area contributed by atoms with Crippen LogP contribution in [0, 0.1) is 0 Å². The zero-order valence-electron chi connectivity index (χ0n) is 19.0. The molecule has 0 unspecified atom stereocenters. The van der Waals surface area contributed by atoms with E-state index in [1.807, 2.05) is 70.2 Å². The number of nitrogens with zero attached hydrogens (tertiary/aromatic N) is 2. The van der Waals surface area contributed by atoms with E-state index in [9.17, 15) is 8.42 Å². The van der Waals surface area contributed by atoms with Gasteiger partial charge in [0.05, 0.1) is 21.8 Å². The van der Waals surface area contributed by atoms with E-state index in [4.69, 9.17) is 9.31 Å². The van der Waals surface area contributed by atoms with Crippen molar-refractivity contribution >= 4 is 33.6 Å². The standard InChI is InChI=1S/C25H25BN2O4S/c1-24(2)25(3,4)32-26(31-24)20-15-19-16-22(18-11-7-5-8-12-18)28(23(19)27-17-20)33(29,30)21-13-9-6-10-14-21/h5-17H,1-4H3. The summed E-state index contributed by atoms with van der Waals surface area (Å²) in [5.74, 6) is 0. The first kappa shape index (κ1) is 21.9. The van der Waals surface area contributed by atoms with Crippen LogP contribution in [0.2, 0.25) is 0 Å². The molecule has 1 aliphatic heterocycles. The monoisotopic (exact) mass is 460 g/mol. The summed E-state index contributed by atoms with van der Waals surface area (Å²) in [7, 11) is -4.46. The van der Waals surface area contributed by atoms with E-state index >= 15 is 0 Å². The van der Waals surface area contributed by atoms with Gasteiger partial charge in [-0.3, -0.25) is 0 Å². The summed E-state index contributed by atoms with van der Waals surface area (Å²) in [6, 6.07) is 21.6. The first-order valence-electron chi connectivity index (χ1n) is 10.8. The number of hydrogen-bond acceptors (Lipinski definition) is 5. The first-order chi connectivity index (χ1) is 15.6. The molecule has 0 saturated carbocycles. The fourth-order valence-electron chi connectivity index (χ4n) is 3.95. The summed E-state index contributed by atoms with van der Waals surface area (Å²) in [6.07, 6.45) is 1.64. The Morgan fingerprint density at radius 3 is 2.03 bits per heavy atom. The molecule has 1 fully saturated rings. The summed E-state index contributed by atoms with van der Waals surface area (Å²) in [4.78, 5) is 4.79. The minimum absolute atomic E-state index is 0.205. The number of benzene rings is 2. The van der Waals surface area contributed by atoms with Crippen molar-refractivity contribution in [3.63, 3.8) is 0 Å². The highest BCUT2D eigenvalue weighted by Gasteiger charge is 2.51. The summed E-state index contributed by atoms with van der Waals surface area (Å²) >= 11 is 0. The summed E-state index contributed by atoms with van der Waals surface area (Å²) in [5.41, 5.74) is 1.47. The van der Waals surface area contributed by atoms with Gasteiger partial charge < -0.3 is 9.31 Å². The molecule has 0 aliphatic carbocycles. The van der Waals surface area contributed by atoms with Gasteiger partial charge in [0, 0.05) is 17.0 Å². The third-order valence-electron chi connectivity index (χ3n) is 6.50. The van der Waals surface area contributed by atoms with Crippen molar-refractivity contribution in [1.82, 2.24) is 8.96 Å². The maximum absolute atomic E-state index is 13.7. The highest BCUT2D eigenvalue weighted by molar-refractivity contribution is 7.90. The third kappa shape index (κ3) is 3.58. The zero-order chi connectivity index (χ0) is 23.4. The van der Waals surface area contributed by atoms with E-state index in [2.05, 4.69) is 4.98 Å². The lowest BCUT2D eigenvalue weighted by molar-refractivity contribution is 0.00578. The lowest BCUT2D eigenvalue weighted by Gasteiger charge is -2.32. The van der Waals surface area contributed by atoms with Crippen LogP contribution in [0.5, 0.6) is 0 Å². The highest BCUT2D eigenvalue weighted by Crippen LogP contribution is 2.37. The number of hydrogen-bond donors (Lipinski definition) is 0. The summed E-state index contributed by atoms with van der Waals surface area (Å²) in [5, 5.41) is 0.695. The fourth-order valence-corrected chi connectivity index (χ4v) is 5.46. The van der Waals surface area contributed by atoms with Gasteiger partial charge in [-0.15, -0.1) is 0 Å². The highest BCUT2D eigenvalue weighted by atomic mass is 32.2. The lowest BCUT2D eigenvalue weighted by Crippen LogP contribution is -2.41. The smallest absolute Gasteiger partial charge is 0.399 e. The minimum Gasteiger partial charge on any atom is -0.399 e. The van der Waals surface area contributed by atoms with E-state index in [1.165, 1.54) is 3.97 Å². The predicted molar refractivity (Wildman–Crippen MR) is 130 cm³/mol. The molecule has 5 rings (SSSR count). The molecule has 8 heteroatoms. The largest absolute Gasteiger partial charge is 0.496 e. The van der Waals surface area contributed by atoms with Crippen molar-refractivity contribution in [2.45, 2.75) is 43.8 Å². The Morgan fingerprint density at radius 1 is 0.848 bits per heavy atom. The van der Waals surface area contributed by atoms with E-state index in [1.54, 1.807) is 36.5 Å². The lowest BCUT2D eigenvalue weighted by atomic mass is 9.80. The van der Waals surface area contributed by atoms with Gasteiger partial charge in [0.25, 0.3) is 10.0 Å². The number of rotatable bonds is 4. The van der Waals surface area contributed by atoms with Gasteiger partial charge in [-0.2, -0.15) is 0 Å². The Bertz CT molecular complexity index is 1420. The second kappa shape index (κ2) is 7.55. The van der Waals surface area contributed by atoms with Gasteiger partial charge in [0.15, 0.2) is 5.65 Å². The van der Waals surface area contributed by atoms with E-state index < -0.39 is 28.3 Å². The second-order valence-corrected chi connectivity index (χ2v) is 11.0. The molecule has 2 aromatic heterocycles. The van der Waals surface area contributed by atoms with Crippen LogP contribution in [0.25, 0.3) is 22.3 Å². The van der Waals surface area contributed by atoms with Crippen molar-refractivity contribution < 1.29 is 17.7 Å². The number of aromatic nitrogens is 2. The molecule has 2 aromatic carbocycles. The molecule has 0 spiro atoms. The molecule has 1 saturated heterocycles. The molecule has 6 nitrogen and oxygen atoms in total. The first-order valence-corrected chi connectivity index (χ1v) is 12.3. The van der Waals surface area contributed by atoms with Crippen LogP contribution in [0.3, 0.4) is 0 Å². The Morgan fingerprint density at radius 2 is 1.42 bits per heavy atom. The van der Waals surface area contributed by atoms with Gasteiger partial charge in [0.2, 0.25) is 0 Å². The number of pyridine rings is 1. The summed E-state index contributed by atoms with van der Waals surface area (Å²) in [6.45, 7) is 7.98. The Hall–Kier alpha value is -2.94. The van der Waals surface area contributed by atoms with Crippen LogP contribution in [-0.4, -0.2) is 35.7 Å². The van der Waals surface area contributed by atoms with E-state index in [0.29, 0.717) is 16.7 Å². The Kier molecular flexibility index (Phi) is 5.01. The van der Waals surface area contributed by atoms with E-state index in [0.717, 1.165) is 11.0 Å². The number of fused-ring (bicyclic) bond motifs is 1. The van der Waals surface area contributed by atoms with Crippen LogP contribution in [0.15, 0.2) is 83.9 Å². The normalized spacial score (nSPS) is 17.5. The molecule has 0 atom stereocenters. The minimum atomic E-state index is -3.88. The van der Waals surface area contributed by atoms with Crippen molar-refractivity contribution in [1.29, 1.82) is 0 Å². The maximum atomic E-state index is 13.7. The average molecular weight is 460 g/mol. The molecule has 0 amide bonds. The van der Waals surface area contributed by atoms with Crippen LogP contribution < -0.4 is 5.46 Å².